The van der Waals surface area contributed by atoms with Gasteiger partial charge in [0.05, 0.1) is 6.61 Å². The lowest BCUT2D eigenvalue weighted by molar-refractivity contribution is -0.138. The van der Waals surface area contributed by atoms with Crippen LogP contribution < -0.4 is 0 Å². The summed E-state index contributed by atoms with van der Waals surface area (Å²) < 4.78 is 4.61. The number of hydrogen-bond acceptors (Lipinski definition) is 3. The summed E-state index contributed by atoms with van der Waals surface area (Å²) in [5.41, 5.74) is 0.403. The van der Waals surface area contributed by atoms with Gasteiger partial charge in [-0.25, -0.2) is 4.79 Å². The van der Waals surface area contributed by atoms with Crippen molar-refractivity contribution in [1.29, 1.82) is 0 Å². The number of carbonyl (C=O) groups excluding carboxylic acids is 1. The Labute approximate surface area is 60.3 Å². The van der Waals surface area contributed by atoms with Gasteiger partial charge in [0.1, 0.15) is 0 Å². The average Bonchev–Trinajstić information content (AvgIpc) is 1.87. The molecule has 0 saturated carbocycles. The Morgan fingerprint density at radius 2 is 2.33 bits per heavy atom. The molecule has 0 aromatic heterocycles. The third kappa shape index (κ3) is 3.19. The molecule has 52 valence electrons. The predicted molar refractivity (Wildman–Crippen MR) is 39.6 cm³/mol. The third-order valence-corrected chi connectivity index (χ3v) is 1.14. The number of thiol groups is 1. The molecule has 0 spiro atoms. The number of esters is 1. The summed E-state index contributed by atoms with van der Waals surface area (Å²) >= 11 is 3.85. The molecular formula is C6H10O2S. The Morgan fingerprint density at radius 1 is 1.78 bits per heavy atom. The van der Waals surface area contributed by atoms with Gasteiger partial charge in [-0.2, -0.15) is 12.6 Å². The van der Waals surface area contributed by atoms with Gasteiger partial charge in [0, 0.05) is 11.3 Å². The van der Waals surface area contributed by atoms with E-state index in [9.17, 15) is 4.79 Å². The molecule has 0 fully saturated rings. The fraction of sp³-hybridized carbons (Fsp3) is 0.500. The first kappa shape index (κ1) is 8.56. The normalized spacial score (nSPS) is 8.67. The molecule has 0 amide bonds. The zero-order chi connectivity index (χ0) is 7.28. The van der Waals surface area contributed by atoms with Crippen molar-refractivity contribution in [3.05, 3.63) is 12.2 Å². The molecule has 2 nitrogen and oxygen atoms in total. The standard InChI is InChI=1S/C6H10O2S/c1-3-8-6(7)5(2)4-9/h9H,2-4H2,1H3. The molecule has 0 aliphatic heterocycles. The Bertz CT molecular complexity index is 120. The van der Waals surface area contributed by atoms with Gasteiger partial charge in [0.25, 0.3) is 0 Å². The molecule has 0 saturated heterocycles. The lowest BCUT2D eigenvalue weighted by atomic mass is 10.4. The van der Waals surface area contributed by atoms with Crippen LogP contribution in [0.15, 0.2) is 12.2 Å². The van der Waals surface area contributed by atoms with Crippen LogP contribution in [-0.4, -0.2) is 18.3 Å². The molecule has 0 heterocycles. The van der Waals surface area contributed by atoms with Gasteiger partial charge >= 0.3 is 5.97 Å². The number of hydrogen-bond donors (Lipinski definition) is 1. The summed E-state index contributed by atoms with van der Waals surface area (Å²) in [6.45, 7) is 5.59. The summed E-state index contributed by atoms with van der Waals surface area (Å²) in [5, 5.41) is 0. The van der Waals surface area contributed by atoms with Crippen molar-refractivity contribution in [2.45, 2.75) is 6.92 Å². The maximum atomic E-state index is 10.6. The minimum Gasteiger partial charge on any atom is -0.463 e. The van der Waals surface area contributed by atoms with E-state index in [1.165, 1.54) is 0 Å². The van der Waals surface area contributed by atoms with Crippen LogP contribution in [0, 0.1) is 0 Å². The molecule has 0 rings (SSSR count). The van der Waals surface area contributed by atoms with E-state index in [-0.39, 0.29) is 5.97 Å². The maximum absolute atomic E-state index is 10.6. The second-order valence-electron chi connectivity index (χ2n) is 1.48. The van der Waals surface area contributed by atoms with Gasteiger partial charge < -0.3 is 4.74 Å². The van der Waals surface area contributed by atoms with E-state index in [0.717, 1.165) is 0 Å². The zero-order valence-electron chi connectivity index (χ0n) is 5.39. The maximum Gasteiger partial charge on any atom is 0.334 e. The molecule has 0 aromatic rings. The number of rotatable bonds is 3. The lowest BCUT2D eigenvalue weighted by Crippen LogP contribution is -2.07. The average molecular weight is 146 g/mol. The van der Waals surface area contributed by atoms with Crippen molar-refractivity contribution < 1.29 is 9.53 Å². The smallest absolute Gasteiger partial charge is 0.334 e. The Kier molecular flexibility index (Phi) is 4.22. The quantitative estimate of drug-likeness (QED) is 0.366. The van der Waals surface area contributed by atoms with Crippen LogP contribution in [0.1, 0.15) is 6.92 Å². The fourth-order valence-corrected chi connectivity index (χ4v) is 0.427. The van der Waals surface area contributed by atoms with Crippen molar-refractivity contribution in [2.75, 3.05) is 12.4 Å². The highest BCUT2D eigenvalue weighted by atomic mass is 32.1. The van der Waals surface area contributed by atoms with Crippen LogP contribution in [0.4, 0.5) is 0 Å². The molecule has 0 unspecified atom stereocenters. The minimum absolute atomic E-state index is 0.354. The van der Waals surface area contributed by atoms with Crippen LogP contribution in [0.3, 0.4) is 0 Å². The highest BCUT2D eigenvalue weighted by Crippen LogP contribution is 1.95. The SMILES string of the molecule is C=C(CS)C(=O)OCC. The van der Waals surface area contributed by atoms with E-state index >= 15 is 0 Å². The first-order valence-electron chi connectivity index (χ1n) is 2.68. The van der Waals surface area contributed by atoms with Gasteiger partial charge in [-0.15, -0.1) is 0 Å². The van der Waals surface area contributed by atoms with E-state index in [1.54, 1.807) is 6.92 Å². The zero-order valence-corrected chi connectivity index (χ0v) is 6.28. The predicted octanol–water partition coefficient (Wildman–Crippen LogP) is 1.04. The molecule has 3 heteroatoms. The molecule has 0 bridgehead atoms. The summed E-state index contributed by atoms with van der Waals surface area (Å²) in [7, 11) is 0. The van der Waals surface area contributed by atoms with Crippen LogP contribution in [0.5, 0.6) is 0 Å². The highest BCUT2D eigenvalue weighted by Gasteiger charge is 2.03. The van der Waals surface area contributed by atoms with Gasteiger partial charge in [-0.3, -0.25) is 0 Å². The van der Waals surface area contributed by atoms with Crippen LogP contribution in [-0.2, 0) is 9.53 Å². The summed E-state index contributed by atoms with van der Waals surface area (Å²) in [5.74, 6) is 0.00579. The molecule has 0 aliphatic rings. The number of carbonyl (C=O) groups is 1. The highest BCUT2D eigenvalue weighted by molar-refractivity contribution is 7.80. The number of ether oxygens (including phenoxy) is 1. The Morgan fingerprint density at radius 3 is 2.67 bits per heavy atom. The Hall–Kier alpha value is -0.440. The molecule has 0 aliphatic carbocycles. The van der Waals surface area contributed by atoms with Crippen molar-refractivity contribution >= 4 is 18.6 Å². The lowest BCUT2D eigenvalue weighted by Gasteiger charge is -1.99. The van der Waals surface area contributed by atoms with E-state index in [0.29, 0.717) is 17.9 Å². The van der Waals surface area contributed by atoms with Crippen LogP contribution in [0.25, 0.3) is 0 Å². The van der Waals surface area contributed by atoms with E-state index in [2.05, 4.69) is 23.9 Å². The summed E-state index contributed by atoms with van der Waals surface area (Å²) in [6, 6.07) is 0. The van der Waals surface area contributed by atoms with Gasteiger partial charge in [-0.05, 0) is 6.92 Å². The minimum atomic E-state index is -0.354. The van der Waals surface area contributed by atoms with Crippen molar-refractivity contribution in [2.24, 2.45) is 0 Å². The molecule has 0 atom stereocenters. The first-order chi connectivity index (χ1) is 4.22. The van der Waals surface area contributed by atoms with Crippen molar-refractivity contribution in [3.8, 4) is 0 Å². The van der Waals surface area contributed by atoms with Crippen molar-refractivity contribution in [1.82, 2.24) is 0 Å². The molecule has 0 aromatic carbocycles. The summed E-state index contributed by atoms with van der Waals surface area (Å²) in [6.07, 6.45) is 0. The van der Waals surface area contributed by atoms with Gasteiger partial charge in [0.2, 0.25) is 0 Å². The molecule has 0 radical (unpaired) electrons. The van der Waals surface area contributed by atoms with Gasteiger partial charge in [0.15, 0.2) is 0 Å². The second kappa shape index (κ2) is 4.44. The largest absolute Gasteiger partial charge is 0.463 e. The van der Waals surface area contributed by atoms with Crippen LogP contribution >= 0.6 is 12.6 Å². The monoisotopic (exact) mass is 146 g/mol. The first-order valence-corrected chi connectivity index (χ1v) is 3.31. The second-order valence-corrected chi connectivity index (χ2v) is 1.80. The fourth-order valence-electron chi connectivity index (χ4n) is 0.298. The van der Waals surface area contributed by atoms with Crippen LogP contribution in [0.2, 0.25) is 0 Å². The van der Waals surface area contributed by atoms with E-state index < -0.39 is 0 Å². The topological polar surface area (TPSA) is 26.3 Å². The van der Waals surface area contributed by atoms with E-state index in [4.69, 9.17) is 0 Å². The van der Waals surface area contributed by atoms with Gasteiger partial charge in [-0.1, -0.05) is 6.58 Å². The van der Waals surface area contributed by atoms with E-state index in [1.807, 2.05) is 0 Å². The molecular weight excluding hydrogens is 136 g/mol. The third-order valence-electron chi connectivity index (χ3n) is 0.755. The van der Waals surface area contributed by atoms with Crippen molar-refractivity contribution in [3.63, 3.8) is 0 Å². The molecule has 9 heavy (non-hydrogen) atoms. The Balaban J connectivity index is 3.60. The molecule has 0 N–H and O–H groups in total. The summed E-state index contributed by atoms with van der Waals surface area (Å²) in [4.78, 5) is 10.6.